The Morgan fingerprint density at radius 3 is 2.58 bits per heavy atom. The van der Waals surface area contributed by atoms with Crippen LogP contribution in [0.25, 0.3) is 0 Å². The Bertz CT molecular complexity index is 243. The third-order valence-corrected chi connectivity index (χ3v) is 2.50. The van der Waals surface area contributed by atoms with E-state index in [-0.39, 0.29) is 0 Å². The van der Waals surface area contributed by atoms with Gasteiger partial charge in [-0.2, -0.15) is 0 Å². The fourth-order valence-electron chi connectivity index (χ4n) is 1.65. The maximum atomic E-state index is 5.62. The van der Waals surface area contributed by atoms with E-state index in [4.69, 9.17) is 5.73 Å². The van der Waals surface area contributed by atoms with Crippen molar-refractivity contribution in [3.8, 4) is 0 Å². The molecule has 1 atom stereocenters. The van der Waals surface area contributed by atoms with Crippen molar-refractivity contribution < 1.29 is 0 Å². The Morgan fingerprint density at radius 2 is 2.08 bits per heavy atom. The molecule has 12 heavy (non-hydrogen) atoms. The van der Waals surface area contributed by atoms with Gasteiger partial charge in [-0.05, 0) is 18.6 Å². The van der Waals surface area contributed by atoms with Crippen LogP contribution in [0.4, 0.5) is 5.69 Å². The molecule has 0 spiro atoms. The lowest BCUT2D eigenvalue weighted by molar-refractivity contribution is 0.456. The van der Waals surface area contributed by atoms with Gasteiger partial charge in [0.25, 0.3) is 0 Å². The predicted octanol–water partition coefficient (Wildman–Crippen LogP) is 1.22. The second-order valence-corrected chi connectivity index (χ2v) is 3.21. The highest BCUT2D eigenvalue weighted by molar-refractivity contribution is 5.49. The minimum atomic E-state index is 0.576. The summed E-state index contributed by atoms with van der Waals surface area (Å²) < 4.78 is 0. The molecule has 0 radical (unpaired) electrons. The van der Waals surface area contributed by atoms with Crippen LogP contribution in [0, 0.1) is 0 Å². The summed E-state index contributed by atoms with van der Waals surface area (Å²) in [5, 5.41) is 0. The third-order valence-electron chi connectivity index (χ3n) is 2.50. The average Bonchev–Trinajstić information content (AvgIpc) is 2.05. The van der Waals surface area contributed by atoms with E-state index < -0.39 is 0 Å². The minimum absolute atomic E-state index is 0.576. The van der Waals surface area contributed by atoms with Crippen molar-refractivity contribution in [3.63, 3.8) is 0 Å². The van der Waals surface area contributed by atoms with Gasteiger partial charge in [-0.25, -0.2) is 0 Å². The third kappa shape index (κ3) is 1.18. The number of para-hydroxylation sites is 1. The summed E-state index contributed by atoms with van der Waals surface area (Å²) in [6, 6.07) is 11.0. The van der Waals surface area contributed by atoms with Crippen LogP contribution in [0.2, 0.25) is 0 Å². The van der Waals surface area contributed by atoms with Crippen molar-refractivity contribution in [2.45, 2.75) is 12.5 Å². The quantitative estimate of drug-likeness (QED) is 0.708. The van der Waals surface area contributed by atoms with Crippen molar-refractivity contribution >= 4 is 5.69 Å². The molecule has 0 bridgehead atoms. The predicted molar refractivity (Wildman–Crippen MR) is 51.2 cm³/mol. The Balaban J connectivity index is 2.11. The number of anilines is 1. The molecule has 2 rings (SSSR count). The van der Waals surface area contributed by atoms with E-state index in [0.29, 0.717) is 6.04 Å². The fourth-order valence-corrected chi connectivity index (χ4v) is 1.65. The van der Waals surface area contributed by atoms with Crippen LogP contribution in [-0.4, -0.2) is 19.1 Å². The summed E-state index contributed by atoms with van der Waals surface area (Å²) in [7, 11) is 0. The summed E-state index contributed by atoms with van der Waals surface area (Å²) in [5.41, 5.74) is 6.92. The lowest BCUT2D eigenvalue weighted by Gasteiger charge is -2.42. The first-order valence-electron chi connectivity index (χ1n) is 4.43. The average molecular weight is 162 g/mol. The number of hydrogen-bond donors (Lipinski definition) is 1. The molecule has 1 unspecified atom stereocenters. The molecule has 0 aromatic heterocycles. The summed E-state index contributed by atoms with van der Waals surface area (Å²) in [6.07, 6.45) is 1.24. The first kappa shape index (κ1) is 7.62. The highest BCUT2D eigenvalue weighted by Crippen LogP contribution is 2.24. The van der Waals surface area contributed by atoms with Gasteiger partial charge in [-0.15, -0.1) is 0 Å². The monoisotopic (exact) mass is 162 g/mol. The molecule has 1 aromatic rings. The zero-order chi connectivity index (χ0) is 8.39. The summed E-state index contributed by atoms with van der Waals surface area (Å²) in [4.78, 5) is 2.36. The normalized spacial score (nSPS) is 22.1. The van der Waals surface area contributed by atoms with E-state index in [1.807, 2.05) is 6.07 Å². The molecule has 1 aromatic carbocycles. The molecule has 1 heterocycles. The lowest BCUT2D eigenvalue weighted by atomic mass is 10.0. The molecular formula is C10H14N2. The smallest absolute Gasteiger partial charge is 0.0429 e. The van der Waals surface area contributed by atoms with Crippen molar-refractivity contribution in [1.82, 2.24) is 0 Å². The number of rotatable bonds is 2. The number of nitrogens with two attached hydrogens (primary N) is 1. The molecule has 64 valence electrons. The molecule has 0 aliphatic carbocycles. The molecule has 1 aliphatic heterocycles. The van der Waals surface area contributed by atoms with E-state index >= 15 is 0 Å². The van der Waals surface area contributed by atoms with Gasteiger partial charge in [-0.1, -0.05) is 18.2 Å². The van der Waals surface area contributed by atoms with Gasteiger partial charge in [0.15, 0.2) is 0 Å². The van der Waals surface area contributed by atoms with E-state index in [9.17, 15) is 0 Å². The van der Waals surface area contributed by atoms with Gasteiger partial charge in [-0.3, -0.25) is 0 Å². The van der Waals surface area contributed by atoms with Crippen molar-refractivity contribution in [2.24, 2.45) is 5.73 Å². The number of benzene rings is 1. The van der Waals surface area contributed by atoms with E-state index in [2.05, 4.69) is 29.2 Å². The molecule has 1 saturated heterocycles. The lowest BCUT2D eigenvalue weighted by Crippen LogP contribution is -2.51. The van der Waals surface area contributed by atoms with Gasteiger partial charge >= 0.3 is 0 Å². The number of nitrogens with zero attached hydrogens (tertiary/aromatic N) is 1. The Hall–Kier alpha value is -1.02. The summed E-state index contributed by atoms with van der Waals surface area (Å²) in [5.74, 6) is 0. The largest absolute Gasteiger partial charge is 0.367 e. The van der Waals surface area contributed by atoms with Crippen molar-refractivity contribution in [1.29, 1.82) is 0 Å². The van der Waals surface area contributed by atoms with Gasteiger partial charge in [0.2, 0.25) is 0 Å². The highest BCUT2D eigenvalue weighted by Gasteiger charge is 2.25. The first-order chi connectivity index (χ1) is 5.92. The molecule has 0 amide bonds. The molecule has 2 N–H and O–H groups in total. The van der Waals surface area contributed by atoms with Gasteiger partial charge in [0, 0.05) is 24.8 Å². The Kier molecular flexibility index (Phi) is 2.00. The standard InChI is InChI=1S/C10H14N2/c11-8-10-6-7-12(10)9-4-2-1-3-5-9/h1-5,10H,6-8,11H2. The van der Waals surface area contributed by atoms with Crippen molar-refractivity contribution in [2.75, 3.05) is 18.0 Å². The van der Waals surface area contributed by atoms with Crippen LogP contribution in [0.3, 0.4) is 0 Å². The van der Waals surface area contributed by atoms with Gasteiger partial charge in [0.05, 0.1) is 0 Å². The second-order valence-electron chi connectivity index (χ2n) is 3.21. The van der Waals surface area contributed by atoms with E-state index in [1.165, 1.54) is 12.1 Å². The van der Waals surface area contributed by atoms with E-state index in [1.54, 1.807) is 0 Å². The van der Waals surface area contributed by atoms with Crippen LogP contribution >= 0.6 is 0 Å². The number of hydrogen-bond acceptors (Lipinski definition) is 2. The Morgan fingerprint density at radius 1 is 1.33 bits per heavy atom. The molecule has 1 fully saturated rings. The topological polar surface area (TPSA) is 29.3 Å². The van der Waals surface area contributed by atoms with E-state index in [0.717, 1.165) is 13.1 Å². The highest BCUT2D eigenvalue weighted by atomic mass is 15.2. The maximum Gasteiger partial charge on any atom is 0.0429 e. The summed E-state index contributed by atoms with van der Waals surface area (Å²) >= 11 is 0. The van der Waals surface area contributed by atoms with Crippen LogP contribution in [-0.2, 0) is 0 Å². The summed E-state index contributed by atoms with van der Waals surface area (Å²) in [6.45, 7) is 1.93. The van der Waals surface area contributed by atoms with Crippen LogP contribution in [0.5, 0.6) is 0 Å². The minimum Gasteiger partial charge on any atom is -0.367 e. The second kappa shape index (κ2) is 3.15. The van der Waals surface area contributed by atoms with Gasteiger partial charge < -0.3 is 10.6 Å². The molecular weight excluding hydrogens is 148 g/mol. The molecule has 2 heteroatoms. The molecule has 2 nitrogen and oxygen atoms in total. The maximum absolute atomic E-state index is 5.62. The zero-order valence-electron chi connectivity index (χ0n) is 7.11. The molecule has 0 saturated carbocycles. The van der Waals surface area contributed by atoms with Crippen LogP contribution in [0.15, 0.2) is 30.3 Å². The van der Waals surface area contributed by atoms with Crippen molar-refractivity contribution in [3.05, 3.63) is 30.3 Å². The Labute approximate surface area is 73.0 Å². The SMILES string of the molecule is NCC1CCN1c1ccccc1. The van der Waals surface area contributed by atoms with Crippen LogP contribution in [0.1, 0.15) is 6.42 Å². The van der Waals surface area contributed by atoms with Crippen LogP contribution < -0.4 is 10.6 Å². The zero-order valence-corrected chi connectivity index (χ0v) is 7.11. The fraction of sp³-hybridized carbons (Fsp3) is 0.400. The van der Waals surface area contributed by atoms with Gasteiger partial charge in [0.1, 0.15) is 0 Å². The molecule has 1 aliphatic rings. The first-order valence-corrected chi connectivity index (χ1v) is 4.43.